The van der Waals surface area contributed by atoms with Crippen molar-refractivity contribution in [3.63, 3.8) is 0 Å². The summed E-state index contributed by atoms with van der Waals surface area (Å²) in [6.07, 6.45) is 10.7. The zero-order valence-electron chi connectivity index (χ0n) is 22.9. The molecule has 0 saturated carbocycles. The van der Waals surface area contributed by atoms with Gasteiger partial charge < -0.3 is 19.5 Å². The van der Waals surface area contributed by atoms with Gasteiger partial charge in [-0.2, -0.15) is 0 Å². The normalized spacial score (nSPS) is 12.5. The number of carboxylic acid groups (broad SMARTS) is 1. The summed E-state index contributed by atoms with van der Waals surface area (Å²) in [4.78, 5) is 27.7. The van der Waals surface area contributed by atoms with Crippen LogP contribution in [0, 0.1) is 0 Å². The topological polar surface area (TPSA) is 79.3 Å². The molecule has 0 rings (SSSR count). The van der Waals surface area contributed by atoms with Crippen molar-refractivity contribution in [2.45, 2.75) is 124 Å². The molecule has 1 N–H and O–H groups in total. The third-order valence-corrected chi connectivity index (χ3v) is 6.49. The lowest BCUT2D eigenvalue weighted by molar-refractivity contribution is -0.137. The van der Waals surface area contributed by atoms with E-state index in [4.69, 9.17) is 14.6 Å². The minimum Gasteiger partial charge on any atom is -0.481 e. The van der Waals surface area contributed by atoms with Crippen molar-refractivity contribution < 1.29 is 24.2 Å². The van der Waals surface area contributed by atoms with Crippen molar-refractivity contribution in [1.29, 1.82) is 0 Å². The lowest BCUT2D eigenvalue weighted by Gasteiger charge is -2.29. The van der Waals surface area contributed by atoms with E-state index in [1.807, 2.05) is 0 Å². The van der Waals surface area contributed by atoms with Gasteiger partial charge in [0.15, 0.2) is 0 Å². The monoisotopic (exact) mass is 486 g/mol. The highest BCUT2D eigenvalue weighted by Gasteiger charge is 2.17. The first-order valence-corrected chi connectivity index (χ1v) is 13.8. The molecule has 0 fully saturated rings. The third kappa shape index (κ3) is 19.0. The van der Waals surface area contributed by atoms with E-state index < -0.39 is 12.1 Å². The summed E-state index contributed by atoms with van der Waals surface area (Å²) in [6, 6.07) is 0.400. The molecule has 0 aliphatic carbocycles. The summed E-state index contributed by atoms with van der Waals surface area (Å²) < 4.78 is 11.1. The number of ether oxygens (including phenoxy) is 2. The van der Waals surface area contributed by atoms with E-state index in [0.29, 0.717) is 19.2 Å². The fourth-order valence-corrected chi connectivity index (χ4v) is 4.09. The average Bonchev–Trinajstić information content (AvgIpc) is 2.79. The molecule has 0 amide bonds. The van der Waals surface area contributed by atoms with Crippen LogP contribution < -0.4 is 0 Å². The largest absolute Gasteiger partial charge is 0.508 e. The summed E-state index contributed by atoms with van der Waals surface area (Å²) in [5.41, 5.74) is 0. The highest BCUT2D eigenvalue weighted by Crippen LogP contribution is 2.17. The maximum atomic E-state index is 12.4. The lowest BCUT2D eigenvalue weighted by Crippen LogP contribution is -2.40. The molecule has 0 heterocycles. The van der Waals surface area contributed by atoms with E-state index in [1.165, 1.54) is 12.8 Å². The summed E-state index contributed by atoms with van der Waals surface area (Å²) in [5, 5.41) is 8.72. The smallest absolute Gasteiger partial charge is 0.481 e. The number of carbonyl (C=O) groups is 2. The minimum absolute atomic E-state index is 0.0905. The summed E-state index contributed by atoms with van der Waals surface area (Å²) in [6.45, 7) is 16.0. The highest BCUT2D eigenvalue weighted by molar-refractivity contribution is 5.66. The lowest BCUT2D eigenvalue weighted by atomic mass is 10.0. The predicted molar refractivity (Wildman–Crippen MR) is 139 cm³/mol. The molecule has 0 aliphatic rings. The second-order valence-electron chi connectivity index (χ2n) is 9.54. The molecule has 0 spiro atoms. The van der Waals surface area contributed by atoms with Crippen molar-refractivity contribution in [1.82, 2.24) is 9.80 Å². The van der Waals surface area contributed by atoms with Crippen LogP contribution in [0.25, 0.3) is 0 Å². The molecule has 0 aliphatic heterocycles. The maximum absolute atomic E-state index is 12.4. The summed E-state index contributed by atoms with van der Waals surface area (Å²) in [7, 11) is 0. The predicted octanol–water partition coefficient (Wildman–Crippen LogP) is 6.35. The van der Waals surface area contributed by atoms with Crippen LogP contribution in [-0.4, -0.2) is 78.5 Å². The SMILES string of the molecule is CCCCCCC(CCCCCCCC(=O)O)OC(=O)OCCN(CCN(CC)CC)C(C)C. The Morgan fingerprint density at radius 3 is 1.94 bits per heavy atom. The van der Waals surface area contributed by atoms with Crippen molar-refractivity contribution in [3.05, 3.63) is 0 Å². The van der Waals surface area contributed by atoms with Gasteiger partial charge >= 0.3 is 12.1 Å². The van der Waals surface area contributed by atoms with Gasteiger partial charge in [-0.15, -0.1) is 0 Å². The molecular formula is C27H54N2O5. The molecule has 0 aromatic rings. The Morgan fingerprint density at radius 1 is 0.794 bits per heavy atom. The van der Waals surface area contributed by atoms with Gasteiger partial charge in [-0.1, -0.05) is 59.3 Å². The second-order valence-corrected chi connectivity index (χ2v) is 9.54. The molecule has 7 heteroatoms. The number of nitrogens with zero attached hydrogens (tertiary/aromatic N) is 2. The summed E-state index contributed by atoms with van der Waals surface area (Å²) in [5.74, 6) is -0.723. The van der Waals surface area contributed by atoms with Crippen molar-refractivity contribution in [2.75, 3.05) is 39.3 Å². The van der Waals surface area contributed by atoms with E-state index >= 15 is 0 Å². The highest BCUT2D eigenvalue weighted by atomic mass is 16.7. The maximum Gasteiger partial charge on any atom is 0.508 e. The van der Waals surface area contributed by atoms with E-state index in [0.717, 1.165) is 84.0 Å². The molecule has 0 radical (unpaired) electrons. The Balaban J connectivity index is 4.36. The molecular weight excluding hydrogens is 432 g/mol. The molecule has 0 bridgehead atoms. The molecule has 1 unspecified atom stereocenters. The Morgan fingerprint density at radius 2 is 1.38 bits per heavy atom. The van der Waals surface area contributed by atoms with Crippen molar-refractivity contribution in [3.8, 4) is 0 Å². The number of carboxylic acids is 1. The number of hydrogen-bond acceptors (Lipinski definition) is 6. The first-order chi connectivity index (χ1) is 16.3. The van der Waals surface area contributed by atoms with Crippen LogP contribution in [0.1, 0.15) is 112 Å². The van der Waals surface area contributed by atoms with Crippen LogP contribution in [0.4, 0.5) is 4.79 Å². The fraction of sp³-hybridized carbons (Fsp3) is 0.926. The van der Waals surface area contributed by atoms with E-state index in [-0.39, 0.29) is 12.5 Å². The number of aliphatic carboxylic acids is 1. The number of likely N-dealkylation sites (N-methyl/N-ethyl adjacent to an activating group) is 1. The Hall–Kier alpha value is -1.34. The zero-order chi connectivity index (χ0) is 25.6. The van der Waals surface area contributed by atoms with Crippen LogP contribution >= 0.6 is 0 Å². The molecule has 7 nitrogen and oxygen atoms in total. The van der Waals surface area contributed by atoms with Gasteiger partial charge in [-0.25, -0.2) is 4.79 Å². The number of hydrogen-bond donors (Lipinski definition) is 1. The second kappa shape index (κ2) is 22.1. The minimum atomic E-state index is -0.723. The van der Waals surface area contributed by atoms with Crippen LogP contribution in [0.3, 0.4) is 0 Å². The van der Waals surface area contributed by atoms with Crippen LogP contribution in [0.2, 0.25) is 0 Å². The summed E-state index contributed by atoms with van der Waals surface area (Å²) >= 11 is 0. The van der Waals surface area contributed by atoms with Gasteiger partial charge in [0.1, 0.15) is 12.7 Å². The Kier molecular flexibility index (Phi) is 21.3. The molecule has 0 saturated heterocycles. The average molecular weight is 487 g/mol. The van der Waals surface area contributed by atoms with Crippen LogP contribution in [0.5, 0.6) is 0 Å². The van der Waals surface area contributed by atoms with Gasteiger partial charge in [0.25, 0.3) is 0 Å². The molecule has 0 aromatic heterocycles. The Bertz CT molecular complexity index is 497. The number of carbonyl (C=O) groups excluding carboxylic acids is 1. The van der Waals surface area contributed by atoms with Gasteiger partial charge in [-0.05, 0) is 59.0 Å². The van der Waals surface area contributed by atoms with Crippen molar-refractivity contribution in [2.24, 2.45) is 0 Å². The van der Waals surface area contributed by atoms with Crippen LogP contribution in [0.15, 0.2) is 0 Å². The van der Waals surface area contributed by atoms with Gasteiger partial charge in [-0.3, -0.25) is 9.69 Å². The van der Waals surface area contributed by atoms with E-state index in [9.17, 15) is 9.59 Å². The molecule has 1 atom stereocenters. The molecule has 34 heavy (non-hydrogen) atoms. The standard InChI is InChI=1S/C27H54N2O5/c1-6-9-10-14-17-25(18-15-12-11-13-16-19-26(30)31)34-27(32)33-23-22-29(24(4)5)21-20-28(7-2)8-3/h24-25H,6-23H2,1-5H3,(H,30,31). The van der Waals surface area contributed by atoms with E-state index in [1.54, 1.807) is 0 Å². The Labute approximate surface area is 209 Å². The number of rotatable bonds is 23. The van der Waals surface area contributed by atoms with Gasteiger partial charge in [0.2, 0.25) is 0 Å². The third-order valence-electron chi connectivity index (χ3n) is 6.49. The zero-order valence-corrected chi connectivity index (χ0v) is 22.9. The molecule has 0 aromatic carbocycles. The number of unbranched alkanes of at least 4 members (excludes halogenated alkanes) is 7. The van der Waals surface area contributed by atoms with E-state index in [2.05, 4.69) is 44.4 Å². The molecule has 202 valence electrons. The first kappa shape index (κ1) is 32.7. The van der Waals surface area contributed by atoms with Crippen molar-refractivity contribution >= 4 is 12.1 Å². The quantitative estimate of drug-likeness (QED) is 0.133. The van der Waals surface area contributed by atoms with Crippen LogP contribution in [-0.2, 0) is 14.3 Å². The fourth-order valence-electron chi connectivity index (χ4n) is 4.09. The first-order valence-electron chi connectivity index (χ1n) is 13.8. The van der Waals surface area contributed by atoms with Gasteiger partial charge in [0, 0.05) is 32.1 Å². The van der Waals surface area contributed by atoms with Gasteiger partial charge in [0.05, 0.1) is 0 Å².